The second-order valence-electron chi connectivity index (χ2n) is 8.13. The van der Waals surface area contributed by atoms with E-state index in [0.29, 0.717) is 25.7 Å². The van der Waals surface area contributed by atoms with E-state index in [1.54, 1.807) is 0 Å². The molecule has 7 nitrogen and oxygen atoms in total. The molecule has 174 valence electrons. The maximum absolute atomic E-state index is 10.7. The Morgan fingerprint density at radius 3 is 1.41 bits per heavy atom. The summed E-state index contributed by atoms with van der Waals surface area (Å²) in [5.74, 6) is 0.428. The van der Waals surface area contributed by atoms with Gasteiger partial charge in [0.25, 0.3) is 0 Å². The summed E-state index contributed by atoms with van der Waals surface area (Å²) in [7, 11) is 0. The van der Waals surface area contributed by atoms with Crippen LogP contribution in [0.3, 0.4) is 0 Å². The minimum Gasteiger partial charge on any atom is -0.478 e. The van der Waals surface area contributed by atoms with Gasteiger partial charge in [-0.15, -0.1) is 0 Å². The number of aromatic nitrogens is 3. The number of carboxylic acid groups (broad SMARTS) is 2. The summed E-state index contributed by atoms with van der Waals surface area (Å²) in [5.41, 5.74) is 3.96. The molecule has 1 aromatic heterocycles. The molecule has 0 unspecified atom stereocenters. The van der Waals surface area contributed by atoms with Gasteiger partial charge in [0.05, 0.1) is 0 Å². The van der Waals surface area contributed by atoms with Crippen molar-refractivity contribution < 1.29 is 19.8 Å². The summed E-state index contributed by atoms with van der Waals surface area (Å²) < 4.78 is 0. The molecule has 0 radical (unpaired) electrons. The van der Waals surface area contributed by atoms with Crippen LogP contribution in [0.1, 0.15) is 77.8 Å². The molecule has 0 bridgehead atoms. The van der Waals surface area contributed by atoms with E-state index in [1.165, 1.54) is 12.2 Å². The van der Waals surface area contributed by atoms with Crippen molar-refractivity contribution in [2.24, 2.45) is 0 Å². The fraction of sp³-hybridized carbons (Fsp3) is 0.480. The van der Waals surface area contributed by atoms with Gasteiger partial charge in [0.1, 0.15) is 17.5 Å². The standard InChI is InChI=1S/C25H35N3O4/c1-6-21-26-22(13-17(2)9-7-11-19(4)15-24(29)30)28-23(27-21)14-18(3)10-8-12-20(5)16-25(31)32/h9-10,15-16H,6-8,11-14H2,1-5H3,(H,29,30)(H,31,32)/b17-9?,18-10?,19-15-,20-16-. The summed E-state index contributed by atoms with van der Waals surface area (Å²) in [6.07, 6.45) is 11.6. The molecule has 0 atom stereocenters. The monoisotopic (exact) mass is 441 g/mol. The summed E-state index contributed by atoms with van der Waals surface area (Å²) in [6, 6.07) is 0. The Morgan fingerprint density at radius 1 is 0.688 bits per heavy atom. The molecule has 0 fully saturated rings. The van der Waals surface area contributed by atoms with Gasteiger partial charge in [-0.25, -0.2) is 24.5 Å². The van der Waals surface area contributed by atoms with Crippen molar-refractivity contribution in [3.8, 4) is 0 Å². The third kappa shape index (κ3) is 11.9. The summed E-state index contributed by atoms with van der Waals surface area (Å²) in [5, 5.41) is 17.6. The number of rotatable bonds is 13. The van der Waals surface area contributed by atoms with E-state index in [-0.39, 0.29) is 0 Å². The van der Waals surface area contributed by atoms with E-state index in [9.17, 15) is 9.59 Å². The molecule has 0 saturated carbocycles. The second kappa shape index (κ2) is 14.1. The molecule has 0 spiro atoms. The van der Waals surface area contributed by atoms with Crippen molar-refractivity contribution in [1.29, 1.82) is 0 Å². The van der Waals surface area contributed by atoms with Gasteiger partial charge >= 0.3 is 11.9 Å². The van der Waals surface area contributed by atoms with Crippen molar-refractivity contribution >= 4 is 11.9 Å². The van der Waals surface area contributed by atoms with Crippen molar-refractivity contribution in [2.75, 3.05) is 0 Å². The van der Waals surface area contributed by atoms with Crippen LogP contribution in [0.5, 0.6) is 0 Å². The van der Waals surface area contributed by atoms with Crippen LogP contribution in [0.25, 0.3) is 0 Å². The van der Waals surface area contributed by atoms with Crippen molar-refractivity contribution in [3.63, 3.8) is 0 Å². The molecule has 0 aromatic carbocycles. The average Bonchev–Trinajstić information content (AvgIpc) is 2.66. The van der Waals surface area contributed by atoms with Gasteiger partial charge in [-0.1, -0.05) is 41.4 Å². The van der Waals surface area contributed by atoms with E-state index < -0.39 is 11.9 Å². The molecule has 32 heavy (non-hydrogen) atoms. The normalized spacial score (nSPS) is 13.4. The molecule has 1 heterocycles. The SMILES string of the molecule is CCc1nc(CC(C)=CCC/C(C)=C\C(=O)O)nc(CC(C)=CCC/C(C)=C\C(=O)O)n1. The highest BCUT2D eigenvalue weighted by molar-refractivity contribution is 5.80. The van der Waals surface area contributed by atoms with Crippen LogP contribution in [0, 0.1) is 0 Å². The van der Waals surface area contributed by atoms with Gasteiger partial charge in [0.2, 0.25) is 0 Å². The van der Waals surface area contributed by atoms with Crippen LogP contribution in [0.2, 0.25) is 0 Å². The smallest absolute Gasteiger partial charge is 0.328 e. The van der Waals surface area contributed by atoms with Crippen molar-refractivity contribution in [3.05, 3.63) is 64.1 Å². The highest BCUT2D eigenvalue weighted by Gasteiger charge is 2.07. The van der Waals surface area contributed by atoms with Gasteiger partial charge in [-0.2, -0.15) is 0 Å². The van der Waals surface area contributed by atoms with Crippen LogP contribution in [-0.2, 0) is 28.9 Å². The first kappa shape index (κ1) is 26.9. The number of hydrogen-bond acceptors (Lipinski definition) is 5. The van der Waals surface area contributed by atoms with Crippen LogP contribution in [-0.4, -0.2) is 37.1 Å². The van der Waals surface area contributed by atoms with Crippen LogP contribution in [0.4, 0.5) is 0 Å². The highest BCUT2D eigenvalue weighted by Crippen LogP contribution is 2.13. The minimum atomic E-state index is -0.913. The first-order valence-electron chi connectivity index (χ1n) is 10.9. The van der Waals surface area contributed by atoms with Gasteiger partial charge in [0.15, 0.2) is 0 Å². The third-order valence-corrected chi connectivity index (χ3v) is 4.77. The molecule has 2 N–H and O–H groups in total. The predicted molar refractivity (Wildman–Crippen MR) is 125 cm³/mol. The molecular formula is C25H35N3O4. The van der Waals surface area contributed by atoms with Crippen LogP contribution in [0.15, 0.2) is 46.6 Å². The first-order valence-corrected chi connectivity index (χ1v) is 10.9. The Morgan fingerprint density at radius 2 is 1.06 bits per heavy atom. The van der Waals surface area contributed by atoms with Gasteiger partial charge in [-0.05, 0) is 53.4 Å². The van der Waals surface area contributed by atoms with Crippen molar-refractivity contribution in [1.82, 2.24) is 15.0 Å². The summed E-state index contributed by atoms with van der Waals surface area (Å²) in [6.45, 7) is 9.72. The first-order chi connectivity index (χ1) is 15.1. The zero-order valence-corrected chi connectivity index (χ0v) is 19.8. The molecule has 7 heteroatoms. The Labute approximate surface area is 190 Å². The predicted octanol–water partition coefficient (Wildman–Crippen LogP) is 5.03. The van der Waals surface area contributed by atoms with Crippen LogP contribution < -0.4 is 0 Å². The van der Waals surface area contributed by atoms with E-state index in [1.807, 2.05) is 34.6 Å². The van der Waals surface area contributed by atoms with E-state index in [2.05, 4.69) is 27.1 Å². The van der Waals surface area contributed by atoms with Gasteiger partial charge < -0.3 is 10.2 Å². The lowest BCUT2D eigenvalue weighted by Gasteiger charge is -2.08. The molecule has 1 aromatic rings. The molecule has 1 rings (SSSR count). The van der Waals surface area contributed by atoms with E-state index >= 15 is 0 Å². The maximum atomic E-state index is 10.7. The number of carboxylic acids is 2. The molecular weight excluding hydrogens is 406 g/mol. The Bertz CT molecular complexity index is 857. The Balaban J connectivity index is 2.78. The lowest BCUT2D eigenvalue weighted by Crippen LogP contribution is -2.08. The molecule has 0 aliphatic rings. The fourth-order valence-electron chi connectivity index (χ4n) is 3.14. The largest absolute Gasteiger partial charge is 0.478 e. The number of carbonyl (C=O) groups is 2. The quantitative estimate of drug-likeness (QED) is 0.326. The van der Waals surface area contributed by atoms with Crippen molar-refractivity contribution in [2.45, 2.75) is 79.6 Å². The lowest BCUT2D eigenvalue weighted by atomic mass is 10.1. The third-order valence-electron chi connectivity index (χ3n) is 4.77. The van der Waals surface area contributed by atoms with Gasteiger partial charge in [-0.3, -0.25) is 0 Å². The highest BCUT2D eigenvalue weighted by atomic mass is 16.4. The van der Waals surface area contributed by atoms with Gasteiger partial charge in [0, 0.05) is 31.4 Å². The molecule has 0 amide bonds. The minimum absolute atomic E-state index is 0.631. The van der Waals surface area contributed by atoms with E-state index in [0.717, 1.165) is 59.0 Å². The number of nitrogens with zero attached hydrogens (tertiary/aromatic N) is 3. The zero-order chi connectivity index (χ0) is 24.1. The lowest BCUT2D eigenvalue weighted by molar-refractivity contribution is -0.132. The molecule has 0 saturated heterocycles. The zero-order valence-electron chi connectivity index (χ0n) is 19.8. The number of allylic oxidation sites excluding steroid dienone is 6. The molecule has 0 aliphatic heterocycles. The maximum Gasteiger partial charge on any atom is 0.328 e. The molecule has 0 aliphatic carbocycles. The topological polar surface area (TPSA) is 113 Å². The summed E-state index contributed by atoms with van der Waals surface area (Å²) in [4.78, 5) is 35.2. The fourth-order valence-corrected chi connectivity index (χ4v) is 3.14. The Hall–Kier alpha value is -3.09. The number of aryl methyl sites for hydroxylation is 1. The second-order valence-corrected chi connectivity index (χ2v) is 8.13. The number of hydrogen-bond donors (Lipinski definition) is 2. The Kier molecular flexibility index (Phi) is 11.8. The average molecular weight is 442 g/mol. The number of aliphatic carboxylic acids is 2. The van der Waals surface area contributed by atoms with Crippen LogP contribution >= 0.6 is 0 Å². The van der Waals surface area contributed by atoms with E-state index in [4.69, 9.17) is 10.2 Å². The summed E-state index contributed by atoms with van der Waals surface area (Å²) >= 11 is 0.